The van der Waals surface area contributed by atoms with Gasteiger partial charge in [0.25, 0.3) is 5.78 Å². The van der Waals surface area contributed by atoms with E-state index in [2.05, 4.69) is 10.3 Å². The predicted octanol–water partition coefficient (Wildman–Crippen LogP) is 2.07. The number of rotatable bonds is 4. The first-order valence-electron chi connectivity index (χ1n) is 4.59. The minimum atomic E-state index is -5.93. The molecule has 0 fully saturated rings. The second-order valence-electron chi connectivity index (χ2n) is 3.24. The van der Waals surface area contributed by atoms with Crippen LogP contribution in [0.4, 0.5) is 22.0 Å². The van der Waals surface area contributed by atoms with Crippen molar-refractivity contribution in [1.82, 2.24) is 15.0 Å². The first kappa shape index (κ1) is 13.5. The number of carbonyl (C=O) groups is 1. The highest BCUT2D eigenvalue weighted by molar-refractivity contribution is 6.00. The molecule has 0 radical (unpaired) electrons. The summed E-state index contributed by atoms with van der Waals surface area (Å²) in [6.07, 6.45) is -4.91. The maximum atomic E-state index is 12.8. The fraction of sp³-hybridized carbons (Fsp3) is 0.625. The highest BCUT2D eigenvalue weighted by atomic mass is 19.4. The van der Waals surface area contributed by atoms with Crippen molar-refractivity contribution >= 4 is 5.78 Å². The number of ketones is 1. The van der Waals surface area contributed by atoms with Crippen molar-refractivity contribution in [2.75, 3.05) is 0 Å². The summed E-state index contributed by atoms with van der Waals surface area (Å²) in [6.45, 7) is 1.69. The summed E-state index contributed by atoms with van der Waals surface area (Å²) in [4.78, 5) is 11.1. The van der Waals surface area contributed by atoms with E-state index >= 15 is 0 Å². The Bertz CT molecular complexity index is 412. The summed E-state index contributed by atoms with van der Waals surface area (Å²) >= 11 is 0. The van der Waals surface area contributed by atoms with E-state index in [4.69, 9.17) is 0 Å². The number of aromatic nitrogens is 3. The number of nitrogens with zero attached hydrogens (tertiary/aromatic N) is 3. The largest absolute Gasteiger partial charge is 0.461 e. The van der Waals surface area contributed by atoms with Gasteiger partial charge >= 0.3 is 12.1 Å². The number of Topliss-reactive ketones (excluding diaryl/α,β-unsaturated/α-hetero) is 1. The minimum absolute atomic E-state index is 0.0367. The highest BCUT2D eigenvalue weighted by Crippen LogP contribution is 2.37. The molecule has 0 bridgehead atoms. The van der Waals surface area contributed by atoms with Gasteiger partial charge in [-0.25, -0.2) is 4.68 Å². The molecular weight excluding hydrogens is 249 g/mol. The maximum absolute atomic E-state index is 12.8. The van der Waals surface area contributed by atoms with Crippen LogP contribution in [0.3, 0.4) is 0 Å². The van der Waals surface area contributed by atoms with E-state index in [1.54, 1.807) is 6.92 Å². The first-order valence-corrected chi connectivity index (χ1v) is 4.59. The molecule has 1 rings (SSSR count). The van der Waals surface area contributed by atoms with Gasteiger partial charge < -0.3 is 0 Å². The van der Waals surface area contributed by atoms with Gasteiger partial charge in [0.1, 0.15) is 5.69 Å². The number of hydrogen-bond acceptors (Lipinski definition) is 3. The van der Waals surface area contributed by atoms with E-state index in [9.17, 15) is 26.7 Å². The summed E-state index contributed by atoms with van der Waals surface area (Å²) in [5, 5.41) is 6.42. The van der Waals surface area contributed by atoms with Crippen molar-refractivity contribution in [2.45, 2.75) is 32.0 Å². The molecule has 4 nitrogen and oxygen atoms in total. The van der Waals surface area contributed by atoms with Crippen molar-refractivity contribution in [3.05, 3.63) is 11.9 Å². The van der Waals surface area contributed by atoms with Gasteiger partial charge in [0.15, 0.2) is 0 Å². The molecule has 0 aliphatic carbocycles. The molecule has 0 aliphatic heterocycles. The van der Waals surface area contributed by atoms with Crippen molar-refractivity contribution in [3.63, 3.8) is 0 Å². The van der Waals surface area contributed by atoms with Crippen LogP contribution < -0.4 is 0 Å². The molecule has 17 heavy (non-hydrogen) atoms. The lowest BCUT2D eigenvalue weighted by Gasteiger charge is -2.17. The van der Waals surface area contributed by atoms with E-state index in [0.717, 1.165) is 4.68 Å². The normalized spacial score (nSPS) is 12.8. The second kappa shape index (κ2) is 4.38. The molecule has 9 heteroatoms. The molecule has 0 aliphatic rings. The highest BCUT2D eigenvalue weighted by Gasteiger charge is 2.63. The van der Waals surface area contributed by atoms with E-state index in [0.29, 0.717) is 12.6 Å². The molecule has 0 N–H and O–H groups in total. The topological polar surface area (TPSA) is 47.8 Å². The van der Waals surface area contributed by atoms with Crippen molar-refractivity contribution in [2.24, 2.45) is 0 Å². The van der Waals surface area contributed by atoms with Gasteiger partial charge in [-0.2, -0.15) is 22.0 Å². The lowest BCUT2D eigenvalue weighted by atomic mass is 10.1. The molecule has 0 aromatic carbocycles. The van der Waals surface area contributed by atoms with Crippen molar-refractivity contribution < 1.29 is 26.7 Å². The van der Waals surface area contributed by atoms with Crippen LogP contribution in [-0.2, 0) is 6.54 Å². The van der Waals surface area contributed by atoms with Crippen LogP contribution in [0.2, 0.25) is 0 Å². The average Bonchev–Trinajstić information content (AvgIpc) is 2.63. The van der Waals surface area contributed by atoms with Crippen LogP contribution in [0, 0.1) is 0 Å². The number of alkyl halides is 5. The Morgan fingerprint density at radius 1 is 1.35 bits per heavy atom. The van der Waals surface area contributed by atoms with Crippen LogP contribution >= 0.6 is 0 Å². The van der Waals surface area contributed by atoms with Crippen LogP contribution in [0.25, 0.3) is 0 Å². The Morgan fingerprint density at radius 3 is 2.41 bits per heavy atom. The van der Waals surface area contributed by atoms with Gasteiger partial charge in [-0.15, -0.1) is 5.10 Å². The molecule has 1 aromatic rings. The smallest absolute Gasteiger partial charge is 0.285 e. The molecule has 96 valence electrons. The third kappa shape index (κ3) is 2.42. The molecule has 1 heterocycles. The summed E-state index contributed by atoms with van der Waals surface area (Å²) in [7, 11) is 0. The fourth-order valence-electron chi connectivity index (χ4n) is 1.10. The monoisotopic (exact) mass is 257 g/mol. The van der Waals surface area contributed by atoms with Gasteiger partial charge in [0, 0.05) is 6.54 Å². The van der Waals surface area contributed by atoms with Gasteiger partial charge in [0.05, 0.1) is 6.20 Å². The van der Waals surface area contributed by atoms with E-state index in [-0.39, 0.29) is 6.54 Å². The molecule has 0 atom stereocenters. The molecule has 0 saturated carbocycles. The molecule has 0 spiro atoms. The van der Waals surface area contributed by atoms with Crippen molar-refractivity contribution in [1.29, 1.82) is 0 Å². The Morgan fingerprint density at radius 2 is 1.94 bits per heavy atom. The standard InChI is InChI=1S/C8H8F5N3O/c1-2-3-16-5(4-14-15-16)6(17)7(9,10)8(11,12)13/h4H,2-3H2,1H3. The Hall–Kier alpha value is -1.54. The zero-order valence-electron chi connectivity index (χ0n) is 8.63. The molecule has 1 aromatic heterocycles. The van der Waals surface area contributed by atoms with Gasteiger partial charge in [-0.3, -0.25) is 4.79 Å². The SMILES string of the molecule is CCCn1nncc1C(=O)C(F)(F)C(F)(F)F. The summed E-state index contributed by atoms with van der Waals surface area (Å²) in [5.41, 5.74) is -0.853. The maximum Gasteiger partial charge on any atom is 0.461 e. The number of hydrogen-bond donors (Lipinski definition) is 0. The van der Waals surface area contributed by atoms with Crippen LogP contribution in [0.5, 0.6) is 0 Å². The van der Waals surface area contributed by atoms with Crippen LogP contribution in [0.1, 0.15) is 23.8 Å². The zero-order valence-corrected chi connectivity index (χ0v) is 8.63. The summed E-state index contributed by atoms with van der Waals surface area (Å²) in [6, 6.07) is 0. The van der Waals surface area contributed by atoms with Crippen LogP contribution in [-0.4, -0.2) is 32.9 Å². The lowest BCUT2D eigenvalue weighted by molar-refractivity contribution is -0.256. The van der Waals surface area contributed by atoms with Crippen molar-refractivity contribution in [3.8, 4) is 0 Å². The second-order valence-corrected chi connectivity index (χ2v) is 3.24. The van der Waals surface area contributed by atoms with Gasteiger partial charge in [-0.05, 0) is 6.42 Å². The van der Waals surface area contributed by atoms with Gasteiger partial charge in [0.2, 0.25) is 0 Å². The van der Waals surface area contributed by atoms with Gasteiger partial charge in [-0.1, -0.05) is 12.1 Å². The number of halogens is 5. The molecule has 0 amide bonds. The molecule has 0 unspecified atom stereocenters. The Labute approximate surface area is 92.4 Å². The Kier molecular flexibility index (Phi) is 3.48. The van der Waals surface area contributed by atoms with E-state index in [1.165, 1.54) is 0 Å². The molecule has 0 saturated heterocycles. The quantitative estimate of drug-likeness (QED) is 0.612. The fourth-order valence-corrected chi connectivity index (χ4v) is 1.10. The Balaban J connectivity index is 3.08. The summed E-state index contributed by atoms with van der Waals surface area (Å²) < 4.78 is 62.2. The number of aryl methyl sites for hydroxylation is 1. The molecular formula is C8H8F5N3O. The number of carbonyl (C=O) groups excluding carboxylic acids is 1. The first-order chi connectivity index (χ1) is 7.71. The van der Waals surface area contributed by atoms with E-state index in [1.807, 2.05) is 0 Å². The predicted molar refractivity (Wildman–Crippen MR) is 45.6 cm³/mol. The zero-order chi connectivity index (χ0) is 13.3. The third-order valence-corrected chi connectivity index (χ3v) is 1.93. The van der Waals surface area contributed by atoms with E-state index < -0.39 is 23.6 Å². The van der Waals surface area contributed by atoms with Crippen LogP contribution in [0.15, 0.2) is 6.20 Å². The summed E-state index contributed by atoms with van der Waals surface area (Å²) in [5.74, 6) is -7.77. The average molecular weight is 257 g/mol. The lowest BCUT2D eigenvalue weighted by Crippen LogP contribution is -2.44. The third-order valence-electron chi connectivity index (χ3n) is 1.93. The minimum Gasteiger partial charge on any atom is -0.285 e.